The van der Waals surface area contributed by atoms with E-state index in [1.165, 1.54) is 6.08 Å². The zero-order chi connectivity index (χ0) is 26.9. The normalized spacial score (nSPS) is 36.1. The molecule has 206 valence electrons. The lowest BCUT2D eigenvalue weighted by Crippen LogP contribution is -2.58. The van der Waals surface area contributed by atoms with E-state index in [4.69, 9.17) is 23.7 Å². The summed E-state index contributed by atoms with van der Waals surface area (Å²) in [6, 6.07) is 0. The van der Waals surface area contributed by atoms with Crippen molar-refractivity contribution in [3.63, 3.8) is 0 Å². The number of ether oxygens (including phenoxy) is 5. The van der Waals surface area contributed by atoms with Crippen LogP contribution in [0, 0.1) is 35.5 Å². The third-order valence-electron chi connectivity index (χ3n) is 8.31. The highest BCUT2D eigenvalue weighted by Gasteiger charge is 2.81. The molecule has 8 atom stereocenters. The SMILES string of the molecule is C=CCOC(=O)N1COC(=O)C12C(F)CC1C(C(=O)OCCOC(=O)O[C@@H]3C[C@H](C)CC[C@H]3C(C)C)C12. The fourth-order valence-electron chi connectivity index (χ4n) is 6.47. The van der Waals surface area contributed by atoms with Crippen LogP contribution >= 0.6 is 0 Å². The summed E-state index contributed by atoms with van der Waals surface area (Å²) in [5, 5.41) is 0. The van der Waals surface area contributed by atoms with Crippen molar-refractivity contribution in [1.82, 2.24) is 4.90 Å². The van der Waals surface area contributed by atoms with Gasteiger partial charge in [0.2, 0.25) is 0 Å². The van der Waals surface area contributed by atoms with E-state index in [-0.39, 0.29) is 38.3 Å². The van der Waals surface area contributed by atoms with Gasteiger partial charge in [-0.05, 0) is 42.9 Å². The van der Waals surface area contributed by atoms with Crippen LogP contribution in [0.25, 0.3) is 0 Å². The Morgan fingerprint density at radius 3 is 2.62 bits per heavy atom. The quantitative estimate of drug-likeness (QED) is 0.203. The summed E-state index contributed by atoms with van der Waals surface area (Å²) in [7, 11) is 0. The molecular weight excluding hydrogens is 489 g/mol. The molecule has 0 N–H and O–H groups in total. The van der Waals surface area contributed by atoms with Crippen molar-refractivity contribution in [3.8, 4) is 0 Å². The molecule has 4 rings (SSSR count). The van der Waals surface area contributed by atoms with Gasteiger partial charge in [-0.15, -0.1) is 0 Å². The lowest BCUT2D eigenvalue weighted by atomic mass is 9.75. The van der Waals surface area contributed by atoms with Gasteiger partial charge in [-0.2, -0.15) is 0 Å². The van der Waals surface area contributed by atoms with Crippen LogP contribution < -0.4 is 0 Å². The van der Waals surface area contributed by atoms with E-state index >= 15 is 4.39 Å². The summed E-state index contributed by atoms with van der Waals surface area (Å²) in [5.74, 6) is -2.40. The van der Waals surface area contributed by atoms with Crippen LogP contribution in [0.3, 0.4) is 0 Å². The molecular formula is C26H36FNO9. The van der Waals surface area contributed by atoms with E-state index in [2.05, 4.69) is 27.4 Å². The maximum atomic E-state index is 15.1. The standard InChI is InChI=1S/C26H36FNO9/c1-5-8-34-24(31)28-13-36-23(30)26(28)19(27)12-17-20(21(17)26)22(29)33-9-10-35-25(32)37-18-11-15(4)6-7-16(18)14(2)3/h5,14-21H,1,6-13H2,2-4H3/t15-,16+,17?,18-,19?,20?,21?,26?/m1/s1. The lowest BCUT2D eigenvalue weighted by molar-refractivity contribution is -0.150. The maximum absolute atomic E-state index is 15.1. The number of carbonyl (C=O) groups excluding carboxylic acids is 4. The number of halogens is 1. The van der Waals surface area contributed by atoms with E-state index in [1.54, 1.807) is 0 Å². The molecule has 1 amide bonds. The number of rotatable bonds is 8. The maximum Gasteiger partial charge on any atom is 0.508 e. The minimum absolute atomic E-state index is 0.0789. The topological polar surface area (TPSA) is 118 Å². The van der Waals surface area contributed by atoms with Crippen LogP contribution in [0.4, 0.5) is 14.0 Å². The van der Waals surface area contributed by atoms with Gasteiger partial charge in [0.25, 0.3) is 0 Å². The number of carbonyl (C=O) groups is 4. The number of alkyl halides is 1. The summed E-state index contributed by atoms with van der Waals surface area (Å²) in [5.41, 5.74) is -1.91. The van der Waals surface area contributed by atoms with Crippen molar-refractivity contribution in [1.29, 1.82) is 0 Å². The number of amides is 1. The van der Waals surface area contributed by atoms with E-state index in [9.17, 15) is 19.2 Å². The zero-order valence-electron chi connectivity index (χ0n) is 21.6. The Kier molecular flexibility index (Phi) is 7.99. The first-order valence-electron chi connectivity index (χ1n) is 13.0. The number of fused-ring (bicyclic) bond motifs is 2. The monoisotopic (exact) mass is 525 g/mol. The average molecular weight is 526 g/mol. The Morgan fingerprint density at radius 2 is 1.92 bits per heavy atom. The van der Waals surface area contributed by atoms with E-state index in [0.717, 1.165) is 24.2 Å². The molecule has 0 radical (unpaired) electrons. The Hall–Kier alpha value is -2.85. The first-order valence-corrected chi connectivity index (χ1v) is 13.0. The molecule has 10 nitrogen and oxygen atoms in total. The molecule has 3 saturated carbocycles. The molecule has 11 heteroatoms. The van der Waals surface area contributed by atoms with Crippen LogP contribution in [0.15, 0.2) is 12.7 Å². The summed E-state index contributed by atoms with van der Waals surface area (Å²) < 4.78 is 41.0. The summed E-state index contributed by atoms with van der Waals surface area (Å²) >= 11 is 0. The van der Waals surface area contributed by atoms with Gasteiger partial charge in [-0.25, -0.2) is 18.8 Å². The van der Waals surface area contributed by atoms with Gasteiger partial charge in [-0.1, -0.05) is 39.8 Å². The fraction of sp³-hybridized carbons (Fsp3) is 0.769. The smallest absolute Gasteiger partial charge is 0.462 e. The van der Waals surface area contributed by atoms with Crippen LogP contribution in [0.2, 0.25) is 0 Å². The molecule has 1 saturated heterocycles. The Labute approximate surface area is 215 Å². The minimum Gasteiger partial charge on any atom is -0.462 e. The largest absolute Gasteiger partial charge is 0.508 e. The summed E-state index contributed by atoms with van der Waals surface area (Å²) in [6.07, 6.45) is 0.553. The Morgan fingerprint density at radius 1 is 1.19 bits per heavy atom. The minimum atomic E-state index is -1.91. The first kappa shape index (κ1) is 27.2. The molecule has 3 aliphatic carbocycles. The van der Waals surface area contributed by atoms with Crippen molar-refractivity contribution >= 4 is 24.2 Å². The van der Waals surface area contributed by atoms with Crippen LogP contribution in [0.1, 0.15) is 46.5 Å². The van der Waals surface area contributed by atoms with Crippen LogP contribution in [0.5, 0.6) is 0 Å². The predicted molar refractivity (Wildman–Crippen MR) is 126 cm³/mol. The van der Waals surface area contributed by atoms with Gasteiger partial charge >= 0.3 is 24.2 Å². The predicted octanol–water partition coefficient (Wildman–Crippen LogP) is 3.63. The molecule has 1 heterocycles. The molecule has 5 unspecified atom stereocenters. The molecule has 1 spiro atoms. The molecule has 0 bridgehead atoms. The number of hydrogen-bond donors (Lipinski definition) is 0. The van der Waals surface area contributed by atoms with Crippen LogP contribution in [-0.4, -0.2) is 73.5 Å². The third kappa shape index (κ3) is 5.01. The van der Waals surface area contributed by atoms with Gasteiger partial charge in [0.05, 0.1) is 5.92 Å². The van der Waals surface area contributed by atoms with Gasteiger partial charge in [0.1, 0.15) is 32.1 Å². The van der Waals surface area contributed by atoms with Crippen molar-refractivity contribution in [2.24, 2.45) is 35.5 Å². The van der Waals surface area contributed by atoms with Gasteiger partial charge in [0, 0.05) is 5.92 Å². The van der Waals surface area contributed by atoms with Crippen molar-refractivity contribution < 1.29 is 47.3 Å². The molecule has 0 aromatic rings. The van der Waals surface area contributed by atoms with Gasteiger partial charge in [-0.3, -0.25) is 9.69 Å². The van der Waals surface area contributed by atoms with E-state index in [1.807, 2.05) is 0 Å². The second kappa shape index (κ2) is 10.9. The van der Waals surface area contributed by atoms with Gasteiger partial charge < -0.3 is 23.7 Å². The van der Waals surface area contributed by atoms with Crippen molar-refractivity contribution in [2.45, 2.75) is 64.3 Å². The van der Waals surface area contributed by atoms with Crippen LogP contribution in [-0.2, 0) is 33.3 Å². The second-order valence-electron chi connectivity index (χ2n) is 10.8. The number of nitrogens with zero attached hydrogens (tertiary/aromatic N) is 1. The molecule has 4 aliphatic rings. The molecule has 4 fully saturated rings. The van der Waals surface area contributed by atoms with Crippen molar-refractivity contribution in [3.05, 3.63) is 12.7 Å². The third-order valence-corrected chi connectivity index (χ3v) is 8.31. The Balaban J connectivity index is 1.27. The van der Waals surface area contributed by atoms with Crippen molar-refractivity contribution in [2.75, 3.05) is 26.6 Å². The molecule has 1 aliphatic heterocycles. The number of cyclic esters (lactones) is 1. The summed E-state index contributed by atoms with van der Waals surface area (Å²) in [4.78, 5) is 51.0. The average Bonchev–Trinajstić information content (AvgIpc) is 3.32. The number of hydrogen-bond acceptors (Lipinski definition) is 9. The fourth-order valence-corrected chi connectivity index (χ4v) is 6.47. The molecule has 0 aromatic carbocycles. The second-order valence-corrected chi connectivity index (χ2v) is 10.8. The van der Waals surface area contributed by atoms with E-state index in [0.29, 0.717) is 11.8 Å². The lowest BCUT2D eigenvalue weighted by Gasteiger charge is -2.36. The number of esters is 2. The zero-order valence-corrected chi connectivity index (χ0v) is 21.6. The van der Waals surface area contributed by atoms with E-state index < -0.39 is 60.4 Å². The highest BCUT2D eigenvalue weighted by atomic mass is 19.1. The Bertz CT molecular complexity index is 926. The molecule has 37 heavy (non-hydrogen) atoms. The van der Waals surface area contributed by atoms with Gasteiger partial charge in [0.15, 0.2) is 12.3 Å². The first-order chi connectivity index (χ1) is 17.6. The summed E-state index contributed by atoms with van der Waals surface area (Å²) in [6.45, 7) is 8.84. The highest BCUT2D eigenvalue weighted by molar-refractivity contribution is 5.93. The molecule has 0 aromatic heterocycles. The highest BCUT2D eigenvalue weighted by Crippen LogP contribution is 2.66.